The number of hydrogen-bond acceptors (Lipinski definition) is 4. The van der Waals surface area contributed by atoms with Crippen LogP contribution in [0.1, 0.15) is 18.4 Å². The molecule has 0 amide bonds. The van der Waals surface area contributed by atoms with Gasteiger partial charge in [-0.2, -0.15) is 0 Å². The van der Waals surface area contributed by atoms with Crippen molar-refractivity contribution in [2.45, 2.75) is 19.4 Å². The van der Waals surface area contributed by atoms with E-state index in [1.54, 1.807) is 7.11 Å². The Morgan fingerprint density at radius 3 is 2.76 bits per heavy atom. The highest BCUT2D eigenvalue weighted by molar-refractivity contribution is 5.27. The molecule has 0 bridgehead atoms. The molecular formula is C17H26N2O2. The van der Waals surface area contributed by atoms with Crippen molar-refractivity contribution in [2.24, 2.45) is 5.41 Å². The van der Waals surface area contributed by atoms with Crippen LogP contribution in [0.4, 0.5) is 0 Å². The molecule has 116 valence electrons. The summed E-state index contributed by atoms with van der Waals surface area (Å²) < 4.78 is 10.6. The van der Waals surface area contributed by atoms with Crippen LogP contribution < -0.4 is 10.1 Å². The molecule has 1 N–H and O–H groups in total. The first kappa shape index (κ1) is 14.8. The standard InChI is InChI=1S/C17H26N2O2/c1-20-10-11-21-16-4-2-15(3-5-16)12-19-9-7-17(14-19)6-8-18-13-17/h2-5,18H,6-14H2,1H3. The van der Waals surface area contributed by atoms with Crippen LogP contribution in [0, 0.1) is 5.41 Å². The Hall–Kier alpha value is -1.10. The second-order valence-electron chi connectivity index (χ2n) is 6.37. The van der Waals surface area contributed by atoms with E-state index in [1.807, 2.05) is 0 Å². The Kier molecular flexibility index (Phi) is 4.78. The van der Waals surface area contributed by atoms with Crippen LogP contribution in [0.3, 0.4) is 0 Å². The largest absolute Gasteiger partial charge is 0.491 e. The highest BCUT2D eigenvalue weighted by Gasteiger charge is 2.39. The minimum atomic E-state index is 0.559. The second kappa shape index (κ2) is 6.77. The molecule has 1 aromatic carbocycles. The molecular weight excluding hydrogens is 264 g/mol. The molecule has 3 rings (SSSR count). The molecule has 2 aliphatic rings. The van der Waals surface area contributed by atoms with Gasteiger partial charge in [-0.05, 0) is 49.0 Å². The molecule has 2 heterocycles. The molecule has 0 radical (unpaired) electrons. The van der Waals surface area contributed by atoms with E-state index >= 15 is 0 Å². The molecule has 1 unspecified atom stereocenters. The normalized spacial score (nSPS) is 25.8. The van der Waals surface area contributed by atoms with Crippen molar-refractivity contribution in [2.75, 3.05) is 46.5 Å². The predicted molar refractivity (Wildman–Crippen MR) is 83.6 cm³/mol. The summed E-state index contributed by atoms with van der Waals surface area (Å²) in [6.07, 6.45) is 2.69. The van der Waals surface area contributed by atoms with Gasteiger partial charge in [0.25, 0.3) is 0 Å². The van der Waals surface area contributed by atoms with Crippen molar-refractivity contribution in [3.8, 4) is 5.75 Å². The zero-order valence-corrected chi connectivity index (χ0v) is 12.9. The summed E-state index contributed by atoms with van der Waals surface area (Å²) in [6.45, 7) is 7.17. The first-order valence-electron chi connectivity index (χ1n) is 7.93. The summed E-state index contributed by atoms with van der Waals surface area (Å²) in [6, 6.07) is 8.49. The number of nitrogens with one attached hydrogen (secondary N) is 1. The van der Waals surface area contributed by atoms with E-state index in [0.29, 0.717) is 18.6 Å². The van der Waals surface area contributed by atoms with Crippen molar-refractivity contribution in [1.29, 1.82) is 0 Å². The first-order valence-corrected chi connectivity index (χ1v) is 7.93. The van der Waals surface area contributed by atoms with Gasteiger partial charge in [-0.1, -0.05) is 12.1 Å². The van der Waals surface area contributed by atoms with Crippen molar-refractivity contribution in [3.05, 3.63) is 29.8 Å². The average molecular weight is 290 g/mol. The van der Waals surface area contributed by atoms with E-state index in [0.717, 1.165) is 12.3 Å². The summed E-state index contributed by atoms with van der Waals surface area (Å²) in [4.78, 5) is 2.59. The van der Waals surface area contributed by atoms with Crippen LogP contribution in [-0.2, 0) is 11.3 Å². The third-order valence-corrected chi connectivity index (χ3v) is 4.74. The summed E-state index contributed by atoms with van der Waals surface area (Å²) in [7, 11) is 1.69. The zero-order chi connectivity index (χ0) is 14.5. The van der Waals surface area contributed by atoms with Gasteiger partial charge in [0.05, 0.1) is 6.61 Å². The van der Waals surface area contributed by atoms with Crippen LogP contribution in [0.5, 0.6) is 5.75 Å². The smallest absolute Gasteiger partial charge is 0.119 e. The molecule has 21 heavy (non-hydrogen) atoms. The number of rotatable bonds is 6. The molecule has 4 nitrogen and oxygen atoms in total. The van der Waals surface area contributed by atoms with Gasteiger partial charge in [-0.25, -0.2) is 0 Å². The second-order valence-corrected chi connectivity index (χ2v) is 6.37. The van der Waals surface area contributed by atoms with Crippen molar-refractivity contribution in [1.82, 2.24) is 10.2 Å². The topological polar surface area (TPSA) is 33.7 Å². The van der Waals surface area contributed by atoms with Gasteiger partial charge in [-0.15, -0.1) is 0 Å². The maximum atomic E-state index is 5.60. The molecule has 1 aromatic rings. The molecule has 4 heteroatoms. The minimum Gasteiger partial charge on any atom is -0.491 e. The molecule has 0 saturated carbocycles. The monoisotopic (exact) mass is 290 g/mol. The number of likely N-dealkylation sites (tertiary alicyclic amines) is 1. The van der Waals surface area contributed by atoms with Crippen molar-refractivity contribution < 1.29 is 9.47 Å². The highest BCUT2D eigenvalue weighted by atomic mass is 16.5. The van der Waals surface area contributed by atoms with E-state index in [2.05, 4.69) is 34.5 Å². The maximum absolute atomic E-state index is 5.60. The van der Waals surface area contributed by atoms with E-state index in [4.69, 9.17) is 9.47 Å². The highest BCUT2D eigenvalue weighted by Crippen LogP contribution is 2.36. The Morgan fingerprint density at radius 2 is 2.05 bits per heavy atom. The third-order valence-electron chi connectivity index (χ3n) is 4.74. The first-order chi connectivity index (χ1) is 10.3. The zero-order valence-electron chi connectivity index (χ0n) is 12.9. The number of hydrogen-bond donors (Lipinski definition) is 1. The molecule has 1 spiro atoms. The average Bonchev–Trinajstić information content (AvgIpc) is 3.12. The fraction of sp³-hybridized carbons (Fsp3) is 0.647. The Morgan fingerprint density at radius 1 is 1.19 bits per heavy atom. The van der Waals surface area contributed by atoms with Gasteiger partial charge in [0.2, 0.25) is 0 Å². The van der Waals surface area contributed by atoms with Crippen LogP contribution >= 0.6 is 0 Å². The summed E-state index contributed by atoms with van der Waals surface area (Å²) in [5.41, 5.74) is 1.93. The van der Waals surface area contributed by atoms with E-state index in [-0.39, 0.29) is 0 Å². The fourth-order valence-electron chi connectivity index (χ4n) is 3.50. The van der Waals surface area contributed by atoms with Crippen molar-refractivity contribution in [3.63, 3.8) is 0 Å². The lowest BCUT2D eigenvalue weighted by Gasteiger charge is -2.22. The number of ether oxygens (including phenoxy) is 2. The third kappa shape index (κ3) is 3.76. The van der Waals surface area contributed by atoms with Crippen LogP contribution in [0.2, 0.25) is 0 Å². The lowest BCUT2D eigenvalue weighted by Crippen LogP contribution is -2.28. The Bertz CT molecular complexity index is 441. The molecule has 2 saturated heterocycles. The van der Waals surface area contributed by atoms with Gasteiger partial charge in [0.1, 0.15) is 12.4 Å². The summed E-state index contributed by atoms with van der Waals surface area (Å²) in [5.74, 6) is 0.925. The predicted octanol–water partition coefficient (Wildman–Crippen LogP) is 1.90. The molecule has 1 atom stereocenters. The lowest BCUT2D eigenvalue weighted by atomic mass is 9.86. The molecule has 2 aliphatic heterocycles. The van der Waals surface area contributed by atoms with Gasteiger partial charge in [0, 0.05) is 26.7 Å². The lowest BCUT2D eigenvalue weighted by molar-refractivity contribution is 0.146. The van der Waals surface area contributed by atoms with Crippen LogP contribution in [0.25, 0.3) is 0 Å². The van der Waals surface area contributed by atoms with E-state index in [1.165, 1.54) is 44.6 Å². The van der Waals surface area contributed by atoms with Gasteiger partial charge < -0.3 is 14.8 Å². The minimum absolute atomic E-state index is 0.559. The number of nitrogens with zero attached hydrogens (tertiary/aromatic N) is 1. The molecule has 0 aromatic heterocycles. The molecule has 2 fully saturated rings. The number of methoxy groups -OCH3 is 1. The Labute approximate surface area is 127 Å². The maximum Gasteiger partial charge on any atom is 0.119 e. The summed E-state index contributed by atoms with van der Waals surface area (Å²) in [5, 5.41) is 3.52. The quantitative estimate of drug-likeness (QED) is 0.811. The molecule has 0 aliphatic carbocycles. The van der Waals surface area contributed by atoms with Crippen LogP contribution in [0.15, 0.2) is 24.3 Å². The van der Waals surface area contributed by atoms with Gasteiger partial charge in [0.15, 0.2) is 0 Å². The van der Waals surface area contributed by atoms with E-state index < -0.39 is 0 Å². The van der Waals surface area contributed by atoms with Crippen molar-refractivity contribution >= 4 is 0 Å². The van der Waals surface area contributed by atoms with E-state index in [9.17, 15) is 0 Å². The van der Waals surface area contributed by atoms with Crippen LogP contribution in [-0.4, -0.2) is 51.4 Å². The van der Waals surface area contributed by atoms with Gasteiger partial charge in [-0.3, -0.25) is 4.90 Å². The van der Waals surface area contributed by atoms with Gasteiger partial charge >= 0.3 is 0 Å². The Balaban J connectivity index is 1.49. The number of benzene rings is 1. The fourth-order valence-corrected chi connectivity index (χ4v) is 3.50. The SMILES string of the molecule is COCCOc1ccc(CN2CCC3(CCNC3)C2)cc1. The summed E-state index contributed by atoms with van der Waals surface area (Å²) >= 11 is 0.